The molecule has 0 aliphatic carbocycles. The summed E-state index contributed by atoms with van der Waals surface area (Å²) in [5.74, 6) is 0. The van der Waals surface area contributed by atoms with Gasteiger partial charge >= 0.3 is 27.7 Å². The molecule has 0 aromatic carbocycles. The van der Waals surface area contributed by atoms with Crippen molar-refractivity contribution in [2.75, 3.05) is 12.5 Å². The average molecular weight is 263 g/mol. The first kappa shape index (κ1) is 8.99. The summed E-state index contributed by atoms with van der Waals surface area (Å²) in [7, 11) is 0. The van der Waals surface area contributed by atoms with E-state index in [4.69, 9.17) is 0 Å². The molecule has 0 aliphatic heterocycles. The van der Waals surface area contributed by atoms with Crippen molar-refractivity contribution in [1.82, 2.24) is 0 Å². The minimum Gasteiger partial charge on any atom is -0.169 e. The van der Waals surface area contributed by atoms with E-state index < -0.39 is 0 Å². The van der Waals surface area contributed by atoms with E-state index in [9.17, 15) is 0 Å². The molecule has 0 bridgehead atoms. The molecule has 0 nitrogen and oxygen atoms in total. The van der Waals surface area contributed by atoms with Gasteiger partial charge in [-0.25, -0.2) is 0 Å². The Balaban J connectivity index is 0. The minimum atomic E-state index is 0. The third-order valence-corrected chi connectivity index (χ3v) is 0. The topological polar surface area (TPSA) is 0 Å². The van der Waals surface area contributed by atoms with Gasteiger partial charge in [0, 0.05) is 0 Å². The van der Waals surface area contributed by atoms with Gasteiger partial charge in [0.2, 0.25) is 0 Å². The maximum atomic E-state index is 2.04. The van der Waals surface area contributed by atoms with Crippen LogP contribution in [-0.4, -0.2) is 12.5 Å². The van der Waals surface area contributed by atoms with Crippen LogP contribution in [0.3, 0.4) is 0 Å². The van der Waals surface area contributed by atoms with Gasteiger partial charge in [-0.15, -0.1) is 0 Å². The fourth-order valence-electron chi connectivity index (χ4n) is 0. The summed E-state index contributed by atoms with van der Waals surface area (Å²) >= 11 is 1.75. The molecule has 0 aromatic rings. The summed E-state index contributed by atoms with van der Waals surface area (Å²) in [6.45, 7) is 0. The Morgan fingerprint density at radius 1 is 1.25 bits per heavy atom. The van der Waals surface area contributed by atoms with Gasteiger partial charge in [0.15, 0.2) is 0 Å². The smallest absolute Gasteiger partial charge is 0.169 e. The van der Waals surface area contributed by atoms with Gasteiger partial charge in [-0.1, -0.05) is 0 Å². The van der Waals surface area contributed by atoms with Gasteiger partial charge in [0.25, 0.3) is 0 Å². The van der Waals surface area contributed by atoms with Crippen molar-refractivity contribution in [1.29, 1.82) is 0 Å². The summed E-state index contributed by atoms with van der Waals surface area (Å²) in [4.78, 5) is 0. The molecule has 0 saturated carbocycles. The Morgan fingerprint density at radius 2 is 1.25 bits per heavy atom. The summed E-state index contributed by atoms with van der Waals surface area (Å²) < 4.78 is 0. The van der Waals surface area contributed by atoms with Crippen molar-refractivity contribution in [3.05, 3.63) is 0 Å². The molecule has 0 amide bonds. The summed E-state index contributed by atoms with van der Waals surface area (Å²) in [5.41, 5.74) is 0. The van der Waals surface area contributed by atoms with E-state index in [0.29, 0.717) is 0 Å². The fourth-order valence-corrected chi connectivity index (χ4v) is 0. The van der Waals surface area contributed by atoms with Gasteiger partial charge in [-0.2, -0.15) is 11.8 Å². The maximum Gasteiger partial charge on any atom is 2.00 e. The van der Waals surface area contributed by atoms with E-state index in [0.717, 1.165) is 0 Å². The summed E-state index contributed by atoms with van der Waals surface area (Å²) in [6.07, 6.45) is 4.08. The van der Waals surface area contributed by atoms with Crippen molar-refractivity contribution >= 4 is 11.8 Å². The molecule has 0 aromatic heterocycles. The van der Waals surface area contributed by atoms with Crippen molar-refractivity contribution in [3.8, 4) is 0 Å². The molecule has 0 fully saturated rings. The Morgan fingerprint density at radius 3 is 1.25 bits per heavy atom. The predicted molar refractivity (Wildman–Crippen MR) is 19.4 cm³/mol. The van der Waals surface area contributed by atoms with Crippen LogP contribution < -0.4 is 0 Å². The Bertz CT molecular complexity index is 6.00. The molecule has 20 valence electrons. The van der Waals surface area contributed by atoms with Crippen molar-refractivity contribution in [2.45, 2.75) is 0 Å². The molecule has 0 unspecified atom stereocenters. The Hall–Kier alpha value is 1.29. The Labute approximate surface area is 51.9 Å². The molecule has 0 N–H and O–H groups in total. The van der Waals surface area contributed by atoms with Crippen LogP contribution in [0.2, 0.25) is 0 Å². The standard InChI is InChI=1S/C2H6S.Hg/c1-3-2;/h1-2H3;/q;+2. The van der Waals surface area contributed by atoms with E-state index in [1.54, 1.807) is 11.8 Å². The van der Waals surface area contributed by atoms with Crippen LogP contribution in [0, 0.1) is 0 Å². The molecule has 0 atom stereocenters. The predicted octanol–water partition coefficient (Wildman–Crippen LogP) is 0.977. The van der Waals surface area contributed by atoms with Gasteiger partial charge in [0.1, 0.15) is 0 Å². The van der Waals surface area contributed by atoms with Gasteiger partial charge in [-0.3, -0.25) is 0 Å². The van der Waals surface area contributed by atoms with Crippen LogP contribution in [0.25, 0.3) is 0 Å². The van der Waals surface area contributed by atoms with Gasteiger partial charge in [-0.05, 0) is 12.5 Å². The monoisotopic (exact) mass is 264 g/mol. The first-order valence-corrected chi connectivity index (χ1v) is 2.45. The first-order chi connectivity index (χ1) is 1.41. The van der Waals surface area contributed by atoms with E-state index >= 15 is 0 Å². The third-order valence-electron chi connectivity index (χ3n) is 0. The van der Waals surface area contributed by atoms with E-state index in [-0.39, 0.29) is 27.7 Å². The average Bonchev–Trinajstić information content (AvgIpc) is 0.918. The first-order valence-electron chi connectivity index (χ1n) is 0.816. The van der Waals surface area contributed by atoms with E-state index in [1.807, 2.05) is 12.5 Å². The summed E-state index contributed by atoms with van der Waals surface area (Å²) in [6, 6.07) is 0. The van der Waals surface area contributed by atoms with E-state index in [2.05, 4.69) is 0 Å². The van der Waals surface area contributed by atoms with Crippen LogP contribution >= 0.6 is 11.8 Å². The zero-order valence-corrected chi connectivity index (χ0v) is 9.43. The zero-order chi connectivity index (χ0) is 2.71. The molecule has 2 heteroatoms. The van der Waals surface area contributed by atoms with Crippen LogP contribution in [0.5, 0.6) is 0 Å². The second-order valence-electron chi connectivity index (χ2n) is 0.408. The van der Waals surface area contributed by atoms with E-state index in [1.165, 1.54) is 0 Å². The molecular formula is C2H6HgS+2. The molecule has 0 heterocycles. The van der Waals surface area contributed by atoms with Crippen molar-refractivity contribution in [3.63, 3.8) is 0 Å². The van der Waals surface area contributed by atoms with Crippen LogP contribution in [0.15, 0.2) is 0 Å². The number of rotatable bonds is 0. The molecule has 0 saturated heterocycles. The van der Waals surface area contributed by atoms with Crippen molar-refractivity contribution < 1.29 is 27.7 Å². The van der Waals surface area contributed by atoms with Crippen LogP contribution in [-0.2, 0) is 27.7 Å². The number of thioether (sulfide) groups is 1. The molecule has 0 rings (SSSR count). The normalized spacial score (nSPS) is 4.50. The Kier molecular flexibility index (Phi) is 19.9. The van der Waals surface area contributed by atoms with Crippen LogP contribution in [0.1, 0.15) is 0 Å². The largest absolute Gasteiger partial charge is 2.00 e. The SMILES string of the molecule is CSC.[Hg+2]. The molecule has 0 spiro atoms. The fraction of sp³-hybridized carbons (Fsp3) is 1.00. The quantitative estimate of drug-likeness (QED) is 0.587. The third kappa shape index (κ3) is 10.4. The second-order valence-corrected chi connectivity index (χ2v) is 1.22. The minimum absolute atomic E-state index is 0. The van der Waals surface area contributed by atoms with Gasteiger partial charge in [0.05, 0.1) is 0 Å². The van der Waals surface area contributed by atoms with Crippen LogP contribution in [0.4, 0.5) is 0 Å². The zero-order valence-electron chi connectivity index (χ0n) is 3.12. The van der Waals surface area contributed by atoms with Crippen molar-refractivity contribution in [2.24, 2.45) is 0 Å². The molecule has 0 radical (unpaired) electrons. The second kappa shape index (κ2) is 8.86. The van der Waals surface area contributed by atoms with Gasteiger partial charge < -0.3 is 0 Å². The molecule has 0 aliphatic rings. The molecule has 4 heavy (non-hydrogen) atoms. The number of hydrogen-bond donors (Lipinski definition) is 0. The summed E-state index contributed by atoms with van der Waals surface area (Å²) in [5, 5.41) is 0. The maximum absolute atomic E-state index is 2.04. The molecular weight excluding hydrogens is 257 g/mol. The number of hydrogen-bond acceptors (Lipinski definition) is 1.